The van der Waals surface area contributed by atoms with Crippen molar-refractivity contribution in [2.75, 3.05) is 20.1 Å². The minimum absolute atomic E-state index is 0.00271. The molecular weight excluding hydrogens is 256 g/mol. The topological polar surface area (TPSA) is 74.3 Å². The van der Waals surface area contributed by atoms with Gasteiger partial charge < -0.3 is 15.5 Å². The van der Waals surface area contributed by atoms with Gasteiger partial charge in [0.1, 0.15) is 0 Å². The van der Waals surface area contributed by atoms with E-state index in [1.54, 1.807) is 18.1 Å². The lowest BCUT2D eigenvalue weighted by atomic mass is 10.2. The van der Waals surface area contributed by atoms with Crippen LogP contribution in [0.1, 0.15) is 19.5 Å². The van der Waals surface area contributed by atoms with E-state index in [1.165, 1.54) is 0 Å². The molecule has 0 aliphatic rings. The summed E-state index contributed by atoms with van der Waals surface area (Å²) in [4.78, 5) is 29.0. The van der Waals surface area contributed by atoms with Crippen LogP contribution in [-0.4, -0.2) is 48.0 Å². The second kappa shape index (κ2) is 8.14. The second-order valence-electron chi connectivity index (χ2n) is 4.87. The lowest BCUT2D eigenvalue weighted by Crippen LogP contribution is -2.44. The van der Waals surface area contributed by atoms with Crippen LogP contribution in [0.4, 0.5) is 4.79 Å². The Morgan fingerprint density at radius 1 is 1.35 bits per heavy atom. The van der Waals surface area contributed by atoms with Crippen LogP contribution in [-0.2, 0) is 11.2 Å². The first-order valence-corrected chi connectivity index (χ1v) is 6.67. The fraction of sp³-hybridized carbons (Fsp3) is 0.500. The van der Waals surface area contributed by atoms with Crippen LogP contribution in [0.5, 0.6) is 0 Å². The molecule has 110 valence electrons. The standard InChI is InChI=1S/C14H22N4O2/c1-11(2)17-14(20)16-10-13(19)18(3)9-7-12-6-4-5-8-15-12/h4-6,8,11H,7,9-10H2,1-3H3,(H2,16,17,20). The lowest BCUT2D eigenvalue weighted by molar-refractivity contribution is -0.128. The van der Waals surface area contributed by atoms with Gasteiger partial charge in [-0.25, -0.2) is 4.79 Å². The summed E-state index contributed by atoms with van der Waals surface area (Å²) in [6.07, 6.45) is 2.43. The highest BCUT2D eigenvalue weighted by Gasteiger charge is 2.10. The van der Waals surface area contributed by atoms with Gasteiger partial charge in [0.2, 0.25) is 5.91 Å². The van der Waals surface area contributed by atoms with Crippen molar-refractivity contribution in [3.8, 4) is 0 Å². The molecule has 1 heterocycles. The lowest BCUT2D eigenvalue weighted by Gasteiger charge is -2.17. The second-order valence-corrected chi connectivity index (χ2v) is 4.87. The Morgan fingerprint density at radius 3 is 2.70 bits per heavy atom. The molecule has 1 aromatic heterocycles. The zero-order valence-electron chi connectivity index (χ0n) is 12.2. The van der Waals surface area contributed by atoms with Crippen LogP contribution in [0.15, 0.2) is 24.4 Å². The highest BCUT2D eigenvalue weighted by atomic mass is 16.2. The Kier molecular flexibility index (Phi) is 6.49. The molecule has 0 saturated heterocycles. The molecule has 20 heavy (non-hydrogen) atoms. The van der Waals surface area contributed by atoms with Crippen molar-refractivity contribution in [1.82, 2.24) is 20.5 Å². The smallest absolute Gasteiger partial charge is 0.315 e. The van der Waals surface area contributed by atoms with Gasteiger partial charge in [-0.3, -0.25) is 9.78 Å². The number of nitrogens with zero attached hydrogens (tertiary/aromatic N) is 2. The summed E-state index contributed by atoms with van der Waals surface area (Å²) in [7, 11) is 1.72. The Balaban J connectivity index is 2.27. The highest BCUT2D eigenvalue weighted by Crippen LogP contribution is 1.96. The third-order valence-electron chi connectivity index (χ3n) is 2.68. The molecule has 0 saturated carbocycles. The number of hydrogen-bond donors (Lipinski definition) is 2. The summed E-state index contributed by atoms with van der Waals surface area (Å²) in [5, 5.41) is 5.20. The maximum absolute atomic E-state index is 11.8. The van der Waals surface area contributed by atoms with E-state index in [-0.39, 0.29) is 24.5 Å². The number of pyridine rings is 1. The molecule has 6 nitrogen and oxygen atoms in total. The van der Waals surface area contributed by atoms with Crippen LogP contribution < -0.4 is 10.6 Å². The molecule has 0 bridgehead atoms. The number of carbonyl (C=O) groups is 2. The zero-order chi connectivity index (χ0) is 15.0. The van der Waals surface area contributed by atoms with Gasteiger partial charge in [-0.2, -0.15) is 0 Å². The van der Waals surface area contributed by atoms with E-state index in [1.807, 2.05) is 32.0 Å². The molecule has 1 rings (SSSR count). The summed E-state index contributed by atoms with van der Waals surface area (Å²) in [6.45, 7) is 4.29. The fourth-order valence-electron chi connectivity index (χ4n) is 1.56. The molecule has 0 fully saturated rings. The van der Waals surface area contributed by atoms with E-state index < -0.39 is 0 Å². The largest absolute Gasteiger partial charge is 0.344 e. The highest BCUT2D eigenvalue weighted by molar-refractivity contribution is 5.83. The Bertz CT molecular complexity index is 434. The number of amides is 3. The van der Waals surface area contributed by atoms with E-state index in [2.05, 4.69) is 15.6 Å². The minimum Gasteiger partial charge on any atom is -0.344 e. The average molecular weight is 278 g/mol. The number of urea groups is 1. The van der Waals surface area contributed by atoms with E-state index >= 15 is 0 Å². The summed E-state index contributed by atoms with van der Waals surface area (Å²) in [6, 6.07) is 5.42. The monoisotopic (exact) mass is 278 g/mol. The van der Waals surface area contributed by atoms with Crippen LogP contribution >= 0.6 is 0 Å². The van der Waals surface area contributed by atoms with Gasteiger partial charge in [-0.15, -0.1) is 0 Å². The molecule has 0 atom stereocenters. The van der Waals surface area contributed by atoms with Gasteiger partial charge in [-0.05, 0) is 26.0 Å². The summed E-state index contributed by atoms with van der Waals surface area (Å²) in [5.41, 5.74) is 0.942. The van der Waals surface area contributed by atoms with Gasteiger partial charge in [0.15, 0.2) is 0 Å². The molecule has 0 spiro atoms. The third-order valence-corrected chi connectivity index (χ3v) is 2.68. The van der Waals surface area contributed by atoms with Crippen LogP contribution in [0.2, 0.25) is 0 Å². The van der Waals surface area contributed by atoms with E-state index in [4.69, 9.17) is 0 Å². The van der Waals surface area contributed by atoms with Crippen LogP contribution in [0.3, 0.4) is 0 Å². The van der Waals surface area contributed by atoms with Crippen molar-refractivity contribution >= 4 is 11.9 Å². The van der Waals surface area contributed by atoms with Crippen molar-refractivity contribution in [2.24, 2.45) is 0 Å². The quantitative estimate of drug-likeness (QED) is 0.808. The fourth-order valence-corrected chi connectivity index (χ4v) is 1.56. The predicted octanol–water partition coefficient (Wildman–Crippen LogP) is 0.790. The van der Waals surface area contributed by atoms with Gasteiger partial charge >= 0.3 is 6.03 Å². The molecule has 1 aromatic rings. The Hall–Kier alpha value is -2.11. The molecule has 0 aromatic carbocycles. The number of hydrogen-bond acceptors (Lipinski definition) is 3. The van der Waals surface area contributed by atoms with E-state index in [0.29, 0.717) is 13.0 Å². The number of rotatable bonds is 6. The van der Waals surface area contributed by atoms with Crippen molar-refractivity contribution in [1.29, 1.82) is 0 Å². The van der Waals surface area contributed by atoms with E-state index in [0.717, 1.165) is 5.69 Å². The number of nitrogens with one attached hydrogen (secondary N) is 2. The minimum atomic E-state index is -0.327. The molecule has 6 heteroatoms. The number of carbonyl (C=O) groups excluding carboxylic acids is 2. The maximum atomic E-state index is 11.8. The maximum Gasteiger partial charge on any atom is 0.315 e. The van der Waals surface area contributed by atoms with Gasteiger partial charge in [0.05, 0.1) is 6.54 Å². The zero-order valence-corrected chi connectivity index (χ0v) is 12.2. The van der Waals surface area contributed by atoms with Gasteiger partial charge in [0, 0.05) is 37.9 Å². The molecule has 2 N–H and O–H groups in total. The van der Waals surface area contributed by atoms with E-state index in [9.17, 15) is 9.59 Å². The van der Waals surface area contributed by atoms with Crippen molar-refractivity contribution < 1.29 is 9.59 Å². The van der Waals surface area contributed by atoms with Gasteiger partial charge in [-0.1, -0.05) is 6.07 Å². The SMILES string of the molecule is CC(C)NC(=O)NCC(=O)N(C)CCc1ccccn1. The van der Waals surface area contributed by atoms with Crippen LogP contribution in [0, 0.1) is 0 Å². The average Bonchev–Trinajstić information content (AvgIpc) is 2.42. The summed E-state index contributed by atoms with van der Waals surface area (Å²) >= 11 is 0. The van der Waals surface area contributed by atoms with Gasteiger partial charge in [0.25, 0.3) is 0 Å². The summed E-state index contributed by atoms with van der Waals surface area (Å²) < 4.78 is 0. The predicted molar refractivity (Wildman–Crippen MR) is 77.2 cm³/mol. The summed E-state index contributed by atoms with van der Waals surface area (Å²) in [5.74, 6) is -0.125. The first-order valence-electron chi connectivity index (χ1n) is 6.67. The normalized spacial score (nSPS) is 10.2. The van der Waals surface area contributed by atoms with Crippen molar-refractivity contribution in [2.45, 2.75) is 26.3 Å². The Labute approximate surface area is 119 Å². The first kappa shape index (κ1) is 15.9. The molecule has 0 unspecified atom stereocenters. The van der Waals surface area contributed by atoms with Crippen LogP contribution in [0.25, 0.3) is 0 Å². The van der Waals surface area contributed by atoms with Crippen molar-refractivity contribution in [3.05, 3.63) is 30.1 Å². The third kappa shape index (κ3) is 6.17. The number of aromatic nitrogens is 1. The van der Waals surface area contributed by atoms with Crippen molar-refractivity contribution in [3.63, 3.8) is 0 Å². The number of likely N-dealkylation sites (N-methyl/N-ethyl adjacent to an activating group) is 1. The molecule has 3 amide bonds. The Morgan fingerprint density at radius 2 is 2.10 bits per heavy atom. The molecule has 0 radical (unpaired) electrons. The molecular formula is C14H22N4O2. The molecule has 0 aliphatic heterocycles. The first-order chi connectivity index (χ1) is 9.49. The molecule has 0 aliphatic carbocycles.